The lowest BCUT2D eigenvalue weighted by atomic mass is 10.0. The maximum atomic E-state index is 5.05. The Labute approximate surface area is 127 Å². The topological polar surface area (TPSA) is 9.23 Å². The fourth-order valence-corrected chi connectivity index (χ4v) is 2.70. The molecule has 0 aromatic rings. The van der Waals surface area contributed by atoms with Crippen LogP contribution in [0, 0.1) is 0 Å². The minimum absolute atomic E-state index is 0.938. The van der Waals surface area contributed by atoms with Crippen LogP contribution in [0.2, 0.25) is 0 Å². The first-order valence-corrected chi connectivity index (χ1v) is 9.15. The molecule has 0 radical (unpaired) electrons. The molecule has 19 heavy (non-hydrogen) atoms. The molecule has 0 aromatic heterocycles. The first-order valence-electron chi connectivity index (χ1n) is 8.51. The molecule has 0 rings (SSSR count). The minimum Gasteiger partial charge on any atom is -0.385 e. The van der Waals surface area contributed by atoms with Crippen LogP contribution in [0.5, 0.6) is 0 Å². The summed E-state index contributed by atoms with van der Waals surface area (Å²) in [6.07, 6.45) is 19.6. The lowest BCUT2D eigenvalue weighted by Crippen LogP contribution is -1.88. The Morgan fingerprint density at radius 1 is 0.526 bits per heavy atom. The zero-order valence-corrected chi connectivity index (χ0v) is 14.1. The van der Waals surface area contributed by atoms with Crippen molar-refractivity contribution in [2.75, 3.05) is 19.5 Å². The maximum Gasteiger partial charge on any atom is 0.0462 e. The van der Waals surface area contributed by atoms with E-state index < -0.39 is 0 Å². The van der Waals surface area contributed by atoms with Crippen molar-refractivity contribution in [3.05, 3.63) is 0 Å². The van der Waals surface area contributed by atoms with Gasteiger partial charge in [0.15, 0.2) is 0 Å². The maximum absolute atomic E-state index is 5.05. The lowest BCUT2D eigenvalue weighted by molar-refractivity contribution is 0.192. The van der Waals surface area contributed by atoms with Crippen molar-refractivity contribution in [2.24, 2.45) is 0 Å². The van der Waals surface area contributed by atoms with Gasteiger partial charge in [-0.2, -0.15) is 12.6 Å². The third-order valence-corrected chi connectivity index (χ3v) is 4.07. The van der Waals surface area contributed by atoms with E-state index in [0.29, 0.717) is 0 Å². The van der Waals surface area contributed by atoms with Gasteiger partial charge in [-0.05, 0) is 18.6 Å². The Morgan fingerprint density at radius 2 is 0.842 bits per heavy atom. The van der Waals surface area contributed by atoms with E-state index in [1.807, 2.05) is 0 Å². The quantitative estimate of drug-likeness (QED) is 0.270. The van der Waals surface area contributed by atoms with E-state index in [1.165, 1.54) is 89.9 Å². The highest BCUT2D eigenvalue weighted by Crippen LogP contribution is 2.13. The molecular weight excluding hydrogens is 252 g/mol. The monoisotopic (exact) mass is 288 g/mol. The molecule has 0 aliphatic rings. The fraction of sp³-hybridized carbons (Fsp3) is 1.00. The first-order chi connectivity index (χ1) is 9.41. The number of rotatable bonds is 16. The predicted molar refractivity (Wildman–Crippen MR) is 90.4 cm³/mol. The van der Waals surface area contributed by atoms with Crippen molar-refractivity contribution in [1.82, 2.24) is 0 Å². The van der Waals surface area contributed by atoms with Gasteiger partial charge in [0.25, 0.3) is 0 Å². The molecular formula is C17H36OS. The van der Waals surface area contributed by atoms with Gasteiger partial charge in [0, 0.05) is 13.7 Å². The van der Waals surface area contributed by atoms with Crippen molar-refractivity contribution < 1.29 is 4.74 Å². The molecule has 2 heteroatoms. The standard InChI is InChI=1S/C17H36OS/c1-18-16-14-12-10-8-6-4-2-3-5-7-9-11-13-15-17-19/h19H,2-17H2,1H3. The summed E-state index contributed by atoms with van der Waals surface area (Å²) in [5.41, 5.74) is 0. The van der Waals surface area contributed by atoms with E-state index in [2.05, 4.69) is 12.6 Å². The number of methoxy groups -OCH3 is 1. The molecule has 0 amide bonds. The van der Waals surface area contributed by atoms with E-state index in [-0.39, 0.29) is 0 Å². The Morgan fingerprint density at radius 3 is 1.16 bits per heavy atom. The van der Waals surface area contributed by atoms with Crippen LogP contribution in [0.15, 0.2) is 0 Å². The number of thiol groups is 1. The summed E-state index contributed by atoms with van der Waals surface area (Å²) in [7, 11) is 1.79. The van der Waals surface area contributed by atoms with Gasteiger partial charge >= 0.3 is 0 Å². The Balaban J connectivity index is 2.88. The lowest BCUT2D eigenvalue weighted by Gasteiger charge is -2.03. The van der Waals surface area contributed by atoms with Crippen LogP contribution in [0.4, 0.5) is 0 Å². The third-order valence-electron chi connectivity index (χ3n) is 3.76. The highest BCUT2D eigenvalue weighted by Gasteiger charge is 1.94. The van der Waals surface area contributed by atoms with Crippen LogP contribution in [0.1, 0.15) is 89.9 Å². The second-order valence-corrected chi connectivity index (χ2v) is 6.11. The van der Waals surface area contributed by atoms with Crippen LogP contribution >= 0.6 is 12.6 Å². The molecule has 0 N–H and O–H groups in total. The Hall–Kier alpha value is 0.310. The van der Waals surface area contributed by atoms with Crippen LogP contribution in [-0.2, 0) is 4.74 Å². The SMILES string of the molecule is COCCCCCCCCCCCCCCCCS. The number of hydrogen-bond acceptors (Lipinski definition) is 2. The summed E-state index contributed by atoms with van der Waals surface area (Å²) >= 11 is 4.24. The number of ether oxygens (including phenoxy) is 1. The highest BCUT2D eigenvalue weighted by atomic mass is 32.1. The molecule has 0 bridgehead atoms. The van der Waals surface area contributed by atoms with Gasteiger partial charge in [0.1, 0.15) is 0 Å². The predicted octanol–water partition coefficient (Wildman–Crippen LogP) is 6.02. The zero-order chi connectivity index (χ0) is 14.0. The zero-order valence-electron chi connectivity index (χ0n) is 13.2. The van der Waals surface area contributed by atoms with Gasteiger partial charge in [-0.25, -0.2) is 0 Å². The number of hydrogen-bond donors (Lipinski definition) is 1. The summed E-state index contributed by atoms with van der Waals surface area (Å²) in [5.74, 6) is 1.06. The summed E-state index contributed by atoms with van der Waals surface area (Å²) in [4.78, 5) is 0. The van der Waals surface area contributed by atoms with E-state index in [4.69, 9.17) is 4.74 Å². The van der Waals surface area contributed by atoms with Crippen molar-refractivity contribution in [1.29, 1.82) is 0 Å². The minimum atomic E-state index is 0.938. The van der Waals surface area contributed by atoms with Crippen LogP contribution in [-0.4, -0.2) is 19.5 Å². The summed E-state index contributed by atoms with van der Waals surface area (Å²) < 4.78 is 5.05. The normalized spacial score (nSPS) is 11.1. The van der Waals surface area contributed by atoms with Crippen LogP contribution in [0.3, 0.4) is 0 Å². The summed E-state index contributed by atoms with van der Waals surface area (Å²) in [5, 5.41) is 0. The van der Waals surface area contributed by atoms with Crippen molar-refractivity contribution in [3.63, 3.8) is 0 Å². The molecule has 0 saturated heterocycles. The van der Waals surface area contributed by atoms with Crippen molar-refractivity contribution in [3.8, 4) is 0 Å². The van der Waals surface area contributed by atoms with Crippen molar-refractivity contribution in [2.45, 2.75) is 89.9 Å². The molecule has 0 fully saturated rings. The molecule has 116 valence electrons. The molecule has 1 nitrogen and oxygen atoms in total. The Bertz CT molecular complexity index is 134. The molecule has 0 aromatic carbocycles. The Kier molecular flexibility index (Phi) is 18.6. The highest BCUT2D eigenvalue weighted by molar-refractivity contribution is 7.80. The smallest absolute Gasteiger partial charge is 0.0462 e. The van der Waals surface area contributed by atoms with Gasteiger partial charge in [-0.15, -0.1) is 0 Å². The molecule has 0 aliphatic carbocycles. The average Bonchev–Trinajstić information content (AvgIpc) is 2.43. The third kappa shape index (κ3) is 18.3. The molecule has 0 heterocycles. The number of unbranched alkanes of at least 4 members (excludes halogenated alkanes) is 13. The molecule has 0 atom stereocenters. The van der Waals surface area contributed by atoms with Crippen LogP contribution < -0.4 is 0 Å². The van der Waals surface area contributed by atoms with Gasteiger partial charge in [0.2, 0.25) is 0 Å². The van der Waals surface area contributed by atoms with Gasteiger partial charge in [0.05, 0.1) is 0 Å². The van der Waals surface area contributed by atoms with E-state index in [0.717, 1.165) is 12.4 Å². The van der Waals surface area contributed by atoms with Crippen LogP contribution in [0.25, 0.3) is 0 Å². The van der Waals surface area contributed by atoms with Gasteiger partial charge in [-0.1, -0.05) is 77.0 Å². The second kappa shape index (κ2) is 18.3. The van der Waals surface area contributed by atoms with E-state index in [1.54, 1.807) is 7.11 Å². The van der Waals surface area contributed by atoms with E-state index >= 15 is 0 Å². The largest absolute Gasteiger partial charge is 0.385 e. The molecule has 0 spiro atoms. The first kappa shape index (κ1) is 19.3. The average molecular weight is 289 g/mol. The summed E-state index contributed by atoms with van der Waals surface area (Å²) in [6.45, 7) is 0.938. The van der Waals surface area contributed by atoms with Crippen molar-refractivity contribution >= 4 is 12.6 Å². The van der Waals surface area contributed by atoms with Gasteiger partial charge in [-0.3, -0.25) is 0 Å². The summed E-state index contributed by atoms with van der Waals surface area (Å²) in [6, 6.07) is 0. The molecule has 0 saturated carbocycles. The second-order valence-electron chi connectivity index (χ2n) is 5.67. The van der Waals surface area contributed by atoms with Gasteiger partial charge < -0.3 is 4.74 Å². The molecule has 0 aliphatic heterocycles. The van der Waals surface area contributed by atoms with E-state index in [9.17, 15) is 0 Å². The fourth-order valence-electron chi connectivity index (χ4n) is 2.48. The molecule has 0 unspecified atom stereocenters.